The van der Waals surface area contributed by atoms with Crippen molar-refractivity contribution in [2.75, 3.05) is 0 Å². The van der Waals surface area contributed by atoms with E-state index in [1.165, 1.54) is 0 Å². The second kappa shape index (κ2) is 5.26. The van der Waals surface area contributed by atoms with E-state index in [0.29, 0.717) is 6.42 Å². The quantitative estimate of drug-likeness (QED) is 0.595. The van der Waals surface area contributed by atoms with Crippen molar-refractivity contribution in [1.82, 2.24) is 0 Å². The maximum atomic E-state index is 13.1. The zero-order valence-corrected chi connectivity index (χ0v) is 9.85. The Balaban J connectivity index is 2.89. The Hall–Kier alpha value is -0.900. The van der Waals surface area contributed by atoms with Crippen LogP contribution in [0.3, 0.4) is 0 Å². The molecule has 0 radical (unpaired) electrons. The van der Waals surface area contributed by atoms with E-state index in [1.807, 2.05) is 0 Å². The second-order valence-electron chi connectivity index (χ2n) is 3.15. The van der Waals surface area contributed by atoms with Gasteiger partial charge in [-0.15, -0.1) is 6.58 Å². The van der Waals surface area contributed by atoms with Crippen LogP contribution in [0.4, 0.5) is 8.78 Å². The summed E-state index contributed by atoms with van der Waals surface area (Å²) in [7, 11) is 0. The Morgan fingerprint density at radius 3 is 2.80 bits per heavy atom. The van der Waals surface area contributed by atoms with E-state index in [4.69, 9.17) is 4.74 Å². The highest BCUT2D eigenvalue weighted by atomic mass is 79.9. The van der Waals surface area contributed by atoms with Gasteiger partial charge in [-0.3, -0.25) is 0 Å². The van der Waals surface area contributed by atoms with Crippen molar-refractivity contribution in [3.05, 3.63) is 40.9 Å². The number of ether oxygens (including phenoxy) is 1. The summed E-state index contributed by atoms with van der Waals surface area (Å²) in [5, 5.41) is 0. The highest BCUT2D eigenvalue weighted by Gasteiger charge is 2.12. The molecule has 0 heterocycles. The summed E-state index contributed by atoms with van der Waals surface area (Å²) < 4.78 is 31.5. The van der Waals surface area contributed by atoms with Crippen LogP contribution in [0, 0.1) is 11.6 Å². The molecule has 4 heteroatoms. The highest BCUT2D eigenvalue weighted by Crippen LogP contribution is 2.30. The molecule has 1 rings (SSSR count). The Kier molecular flexibility index (Phi) is 4.27. The average molecular weight is 277 g/mol. The van der Waals surface area contributed by atoms with Gasteiger partial charge >= 0.3 is 0 Å². The summed E-state index contributed by atoms with van der Waals surface area (Å²) >= 11 is 3.00. The molecule has 0 fully saturated rings. The lowest BCUT2D eigenvalue weighted by Crippen LogP contribution is -2.11. The van der Waals surface area contributed by atoms with Gasteiger partial charge in [0.2, 0.25) is 0 Å². The SMILES string of the molecule is C=CCC(C)Oc1cc(F)cc(F)c1Br. The standard InChI is InChI=1S/C11H11BrF2O/c1-3-4-7(2)15-10-6-8(13)5-9(14)11(10)12/h3,5-7H,1,4H2,2H3. The highest BCUT2D eigenvalue weighted by molar-refractivity contribution is 9.10. The molecular formula is C11H11BrF2O. The fourth-order valence-corrected chi connectivity index (χ4v) is 1.44. The largest absolute Gasteiger partial charge is 0.489 e. The van der Waals surface area contributed by atoms with E-state index in [2.05, 4.69) is 22.5 Å². The van der Waals surface area contributed by atoms with Gasteiger partial charge in [-0.2, -0.15) is 0 Å². The third-order valence-corrected chi connectivity index (χ3v) is 2.56. The van der Waals surface area contributed by atoms with Gasteiger partial charge in [-0.05, 0) is 22.9 Å². The number of hydrogen-bond donors (Lipinski definition) is 0. The van der Waals surface area contributed by atoms with Gasteiger partial charge in [-0.25, -0.2) is 8.78 Å². The monoisotopic (exact) mass is 276 g/mol. The first-order chi connectivity index (χ1) is 7.04. The van der Waals surface area contributed by atoms with E-state index < -0.39 is 11.6 Å². The number of rotatable bonds is 4. The smallest absolute Gasteiger partial charge is 0.144 e. The number of halogens is 3. The van der Waals surface area contributed by atoms with Crippen LogP contribution in [0.5, 0.6) is 5.75 Å². The first-order valence-corrected chi connectivity index (χ1v) is 5.26. The van der Waals surface area contributed by atoms with E-state index in [1.54, 1.807) is 13.0 Å². The number of hydrogen-bond acceptors (Lipinski definition) is 1. The van der Waals surface area contributed by atoms with Gasteiger partial charge in [0.05, 0.1) is 10.6 Å². The minimum absolute atomic E-state index is 0.139. The third kappa shape index (κ3) is 3.30. The lowest BCUT2D eigenvalue weighted by molar-refractivity contribution is 0.221. The maximum Gasteiger partial charge on any atom is 0.144 e. The summed E-state index contributed by atoms with van der Waals surface area (Å²) in [6.45, 7) is 5.36. The lowest BCUT2D eigenvalue weighted by Gasteiger charge is -2.14. The summed E-state index contributed by atoms with van der Waals surface area (Å²) in [4.78, 5) is 0. The molecule has 0 saturated carbocycles. The molecule has 0 aliphatic rings. The Labute approximate surface area is 95.9 Å². The molecule has 0 aliphatic carbocycles. The van der Waals surface area contributed by atoms with Crippen molar-refractivity contribution in [2.24, 2.45) is 0 Å². The molecule has 0 amide bonds. The predicted octanol–water partition coefficient (Wildman–Crippen LogP) is 4.07. The summed E-state index contributed by atoms with van der Waals surface area (Å²) in [6, 6.07) is 1.95. The molecule has 1 aromatic carbocycles. The van der Waals surface area contributed by atoms with Crippen molar-refractivity contribution in [1.29, 1.82) is 0 Å². The van der Waals surface area contributed by atoms with E-state index in [0.717, 1.165) is 12.1 Å². The summed E-state index contributed by atoms with van der Waals surface area (Å²) in [6.07, 6.45) is 2.14. The Bertz CT molecular complexity index is 366. The normalized spacial score (nSPS) is 12.3. The van der Waals surface area contributed by atoms with Gasteiger partial charge in [0, 0.05) is 18.6 Å². The molecule has 1 aromatic rings. The van der Waals surface area contributed by atoms with E-state index in [9.17, 15) is 8.78 Å². The zero-order valence-electron chi connectivity index (χ0n) is 8.27. The minimum atomic E-state index is -0.671. The van der Waals surface area contributed by atoms with Crippen LogP contribution in [0.1, 0.15) is 13.3 Å². The summed E-state index contributed by atoms with van der Waals surface area (Å²) in [5.41, 5.74) is 0. The zero-order chi connectivity index (χ0) is 11.4. The van der Waals surface area contributed by atoms with Crippen LogP contribution in [0.25, 0.3) is 0 Å². The van der Waals surface area contributed by atoms with Gasteiger partial charge in [0.15, 0.2) is 0 Å². The van der Waals surface area contributed by atoms with Gasteiger partial charge in [0.1, 0.15) is 17.4 Å². The molecule has 15 heavy (non-hydrogen) atoms. The van der Waals surface area contributed by atoms with Crippen molar-refractivity contribution in [3.8, 4) is 5.75 Å². The van der Waals surface area contributed by atoms with Crippen LogP contribution in [-0.4, -0.2) is 6.10 Å². The van der Waals surface area contributed by atoms with Gasteiger partial charge in [-0.1, -0.05) is 6.08 Å². The molecular weight excluding hydrogens is 266 g/mol. The van der Waals surface area contributed by atoms with Crippen molar-refractivity contribution in [2.45, 2.75) is 19.4 Å². The molecule has 1 atom stereocenters. The average Bonchev–Trinajstić information content (AvgIpc) is 2.13. The molecule has 82 valence electrons. The Morgan fingerprint density at radius 2 is 2.20 bits per heavy atom. The molecule has 0 aliphatic heterocycles. The second-order valence-corrected chi connectivity index (χ2v) is 3.95. The maximum absolute atomic E-state index is 13.1. The van der Waals surface area contributed by atoms with E-state index in [-0.39, 0.29) is 16.3 Å². The fourth-order valence-electron chi connectivity index (χ4n) is 1.12. The van der Waals surface area contributed by atoms with Crippen LogP contribution in [-0.2, 0) is 0 Å². The molecule has 0 bridgehead atoms. The van der Waals surface area contributed by atoms with Crippen LogP contribution < -0.4 is 4.74 Å². The molecule has 0 spiro atoms. The Morgan fingerprint density at radius 1 is 1.53 bits per heavy atom. The number of benzene rings is 1. The van der Waals surface area contributed by atoms with Crippen LogP contribution in [0.2, 0.25) is 0 Å². The summed E-state index contributed by atoms with van der Waals surface area (Å²) in [5.74, 6) is -1.16. The first-order valence-electron chi connectivity index (χ1n) is 4.46. The van der Waals surface area contributed by atoms with Crippen molar-refractivity contribution < 1.29 is 13.5 Å². The molecule has 1 nitrogen and oxygen atoms in total. The molecule has 0 saturated heterocycles. The van der Waals surface area contributed by atoms with Crippen molar-refractivity contribution in [3.63, 3.8) is 0 Å². The van der Waals surface area contributed by atoms with Crippen LogP contribution >= 0.6 is 15.9 Å². The molecule has 0 N–H and O–H groups in total. The van der Waals surface area contributed by atoms with E-state index >= 15 is 0 Å². The predicted molar refractivity (Wildman–Crippen MR) is 59.0 cm³/mol. The lowest BCUT2D eigenvalue weighted by atomic mass is 10.2. The third-order valence-electron chi connectivity index (χ3n) is 1.79. The first kappa shape index (κ1) is 12.2. The molecule has 1 unspecified atom stereocenters. The van der Waals surface area contributed by atoms with Crippen LogP contribution in [0.15, 0.2) is 29.3 Å². The van der Waals surface area contributed by atoms with Gasteiger partial charge in [0.25, 0.3) is 0 Å². The topological polar surface area (TPSA) is 9.23 Å². The van der Waals surface area contributed by atoms with Crippen molar-refractivity contribution >= 4 is 15.9 Å². The van der Waals surface area contributed by atoms with Gasteiger partial charge < -0.3 is 4.74 Å². The molecule has 0 aromatic heterocycles. The fraction of sp³-hybridized carbons (Fsp3) is 0.273. The minimum Gasteiger partial charge on any atom is -0.489 e.